The fourth-order valence-electron chi connectivity index (χ4n) is 3.27. The fourth-order valence-corrected chi connectivity index (χ4v) is 4.23. The quantitative estimate of drug-likeness (QED) is 0.440. The molecule has 1 amide bonds. The summed E-state index contributed by atoms with van der Waals surface area (Å²) in [5.41, 5.74) is 5.37. The van der Waals surface area contributed by atoms with Crippen molar-refractivity contribution in [2.24, 2.45) is 0 Å². The highest BCUT2D eigenvalue weighted by Crippen LogP contribution is 2.27. The molecule has 0 saturated heterocycles. The van der Waals surface area contributed by atoms with Gasteiger partial charge in [0.1, 0.15) is 12.4 Å². The van der Waals surface area contributed by atoms with Gasteiger partial charge in [-0.15, -0.1) is 0 Å². The lowest BCUT2D eigenvalue weighted by atomic mass is 10.1. The minimum absolute atomic E-state index is 0.112. The molecule has 0 bridgehead atoms. The van der Waals surface area contributed by atoms with Crippen molar-refractivity contribution >= 4 is 34.4 Å². The van der Waals surface area contributed by atoms with Crippen molar-refractivity contribution in [2.45, 2.75) is 31.3 Å². The van der Waals surface area contributed by atoms with Crippen LogP contribution in [0.4, 0.5) is 10.1 Å². The molecule has 30 heavy (non-hydrogen) atoms. The molecule has 0 aliphatic carbocycles. The number of thioether (sulfide) groups is 1. The van der Waals surface area contributed by atoms with Crippen molar-refractivity contribution in [3.05, 3.63) is 83.4 Å². The maximum Gasteiger partial charge on any atom is 0.244 e. The van der Waals surface area contributed by atoms with Gasteiger partial charge in [-0.3, -0.25) is 9.78 Å². The van der Waals surface area contributed by atoms with Crippen LogP contribution in [0.3, 0.4) is 0 Å². The molecular weight excluding hydrogens is 399 g/mol. The van der Waals surface area contributed by atoms with Crippen LogP contribution in [-0.2, 0) is 17.1 Å². The number of amides is 1. The van der Waals surface area contributed by atoms with Crippen molar-refractivity contribution in [2.75, 3.05) is 5.32 Å². The predicted molar refractivity (Wildman–Crippen MR) is 118 cm³/mol. The lowest BCUT2D eigenvalue weighted by molar-refractivity contribution is -0.116. The number of rotatable bonds is 6. The molecule has 0 saturated carbocycles. The van der Waals surface area contributed by atoms with Gasteiger partial charge in [0.2, 0.25) is 5.91 Å². The molecule has 5 nitrogen and oxygen atoms in total. The summed E-state index contributed by atoms with van der Waals surface area (Å²) in [5.74, 6) is 0.143. The van der Waals surface area contributed by atoms with E-state index in [2.05, 4.69) is 15.3 Å². The Bertz CT molecular complexity index is 1220. The highest BCUT2D eigenvalue weighted by atomic mass is 32.2. The number of nitrogens with zero attached hydrogens (tertiary/aromatic N) is 3. The Hall–Kier alpha value is -3.19. The van der Waals surface area contributed by atoms with E-state index in [1.54, 1.807) is 18.5 Å². The number of carbonyl (C=O) groups excluding carboxylic acids is 1. The first kappa shape index (κ1) is 20.1. The van der Waals surface area contributed by atoms with Crippen molar-refractivity contribution in [1.82, 2.24) is 14.5 Å². The van der Waals surface area contributed by atoms with Crippen LogP contribution in [0, 0.1) is 19.7 Å². The van der Waals surface area contributed by atoms with Crippen LogP contribution in [-0.4, -0.2) is 20.4 Å². The number of hydrogen-bond donors (Lipinski definition) is 1. The third-order valence-electron chi connectivity index (χ3n) is 4.73. The highest BCUT2D eigenvalue weighted by molar-refractivity contribution is 7.98. The van der Waals surface area contributed by atoms with Gasteiger partial charge >= 0.3 is 0 Å². The highest BCUT2D eigenvalue weighted by Gasteiger charge is 2.15. The lowest BCUT2D eigenvalue weighted by Crippen LogP contribution is -2.19. The van der Waals surface area contributed by atoms with Gasteiger partial charge in [0.15, 0.2) is 5.16 Å². The smallest absolute Gasteiger partial charge is 0.244 e. The molecule has 0 unspecified atom stereocenters. The third-order valence-corrected chi connectivity index (χ3v) is 5.78. The van der Waals surface area contributed by atoms with Gasteiger partial charge in [-0.25, -0.2) is 9.37 Å². The van der Waals surface area contributed by atoms with E-state index in [0.717, 1.165) is 33.4 Å². The first-order valence-electron chi connectivity index (χ1n) is 9.54. The van der Waals surface area contributed by atoms with Crippen molar-refractivity contribution < 1.29 is 9.18 Å². The number of halogens is 1. The number of nitrogens with one attached hydrogen (secondary N) is 1. The molecule has 152 valence electrons. The maximum absolute atomic E-state index is 13.5. The average molecular weight is 421 g/mol. The first-order chi connectivity index (χ1) is 14.5. The molecule has 0 fully saturated rings. The number of benzene rings is 2. The summed E-state index contributed by atoms with van der Waals surface area (Å²) in [6, 6.07) is 14.2. The van der Waals surface area contributed by atoms with E-state index < -0.39 is 0 Å². The zero-order valence-electron chi connectivity index (χ0n) is 16.7. The van der Waals surface area contributed by atoms with Crippen molar-refractivity contribution in [1.29, 1.82) is 0 Å². The van der Waals surface area contributed by atoms with Gasteiger partial charge in [0.25, 0.3) is 0 Å². The van der Waals surface area contributed by atoms with E-state index in [-0.39, 0.29) is 18.3 Å². The Balaban J connectivity index is 1.57. The van der Waals surface area contributed by atoms with Crippen LogP contribution in [0.25, 0.3) is 11.0 Å². The van der Waals surface area contributed by atoms with Gasteiger partial charge < -0.3 is 9.88 Å². The monoisotopic (exact) mass is 420 g/mol. The number of hydrogen-bond acceptors (Lipinski definition) is 4. The van der Waals surface area contributed by atoms with E-state index >= 15 is 0 Å². The Morgan fingerprint density at radius 2 is 2.03 bits per heavy atom. The minimum atomic E-state index is -0.265. The van der Waals surface area contributed by atoms with Crippen LogP contribution in [0.1, 0.15) is 16.7 Å². The average Bonchev–Trinajstić information content (AvgIpc) is 3.06. The molecular formula is C23H21FN4OS. The summed E-state index contributed by atoms with van der Waals surface area (Å²) in [4.78, 5) is 21.6. The Morgan fingerprint density at radius 3 is 2.83 bits per heavy atom. The van der Waals surface area contributed by atoms with E-state index in [0.29, 0.717) is 10.9 Å². The Kier molecular flexibility index (Phi) is 5.81. The first-order valence-corrected chi connectivity index (χ1v) is 10.5. The lowest BCUT2D eigenvalue weighted by Gasteiger charge is -2.12. The molecule has 2 aromatic carbocycles. The largest absolute Gasteiger partial charge is 0.324 e. The van der Waals surface area contributed by atoms with Crippen molar-refractivity contribution in [3.8, 4) is 0 Å². The summed E-state index contributed by atoms with van der Waals surface area (Å²) in [6.07, 6.45) is 3.38. The molecule has 7 heteroatoms. The molecule has 2 aromatic heterocycles. The summed E-state index contributed by atoms with van der Waals surface area (Å²) in [6.45, 7) is 4.10. The van der Waals surface area contributed by atoms with Crippen LogP contribution in [0.5, 0.6) is 0 Å². The number of aryl methyl sites for hydroxylation is 2. The molecule has 2 heterocycles. The summed E-state index contributed by atoms with van der Waals surface area (Å²) in [5, 5.41) is 3.67. The Morgan fingerprint density at radius 1 is 1.17 bits per heavy atom. The zero-order chi connectivity index (χ0) is 21.1. The molecule has 0 aliphatic heterocycles. The van der Waals surface area contributed by atoms with Gasteiger partial charge in [-0.1, -0.05) is 41.6 Å². The predicted octanol–water partition coefficient (Wildman–Crippen LogP) is 5.12. The van der Waals surface area contributed by atoms with Gasteiger partial charge in [0.05, 0.1) is 17.2 Å². The summed E-state index contributed by atoms with van der Waals surface area (Å²) < 4.78 is 15.3. The molecule has 0 radical (unpaired) electrons. The second-order valence-corrected chi connectivity index (χ2v) is 8.07. The van der Waals surface area contributed by atoms with E-state index in [1.165, 1.54) is 23.9 Å². The molecule has 0 aliphatic rings. The van der Waals surface area contributed by atoms with Crippen LogP contribution >= 0.6 is 11.8 Å². The standard InChI is InChI=1S/C23H21FN4OS/c1-15-6-7-19(16(2)10-15)26-22(29)13-28-21-12-25-9-8-20(21)27-23(28)30-14-17-4-3-5-18(24)11-17/h3-12H,13-14H2,1-2H3,(H,26,29). The second kappa shape index (κ2) is 8.67. The molecule has 4 rings (SSSR count). The topological polar surface area (TPSA) is 59.8 Å². The van der Waals surface area contributed by atoms with Crippen LogP contribution < -0.4 is 5.32 Å². The van der Waals surface area contributed by atoms with E-state index in [1.807, 2.05) is 48.7 Å². The Labute approximate surface area is 178 Å². The maximum atomic E-state index is 13.5. The van der Waals surface area contributed by atoms with Gasteiger partial charge in [-0.2, -0.15) is 0 Å². The second-order valence-electron chi connectivity index (χ2n) is 7.13. The number of imidazole rings is 1. The number of aromatic nitrogens is 3. The van der Waals surface area contributed by atoms with Gasteiger partial charge in [0, 0.05) is 17.6 Å². The number of fused-ring (bicyclic) bond motifs is 1. The van der Waals surface area contributed by atoms with Crippen LogP contribution in [0.15, 0.2) is 66.1 Å². The minimum Gasteiger partial charge on any atom is -0.324 e. The normalized spacial score (nSPS) is 11.0. The number of carbonyl (C=O) groups is 1. The van der Waals surface area contributed by atoms with Gasteiger partial charge in [-0.05, 0) is 49.2 Å². The zero-order valence-corrected chi connectivity index (χ0v) is 17.5. The SMILES string of the molecule is Cc1ccc(NC(=O)Cn2c(SCc3cccc(F)c3)nc3ccncc32)c(C)c1. The molecule has 1 N–H and O–H groups in total. The van der Waals surface area contributed by atoms with E-state index in [9.17, 15) is 9.18 Å². The third kappa shape index (κ3) is 4.52. The summed E-state index contributed by atoms with van der Waals surface area (Å²) in [7, 11) is 0. The molecule has 0 atom stereocenters. The van der Waals surface area contributed by atoms with Crippen molar-refractivity contribution in [3.63, 3.8) is 0 Å². The summed E-state index contributed by atoms with van der Waals surface area (Å²) >= 11 is 1.47. The fraction of sp³-hybridized carbons (Fsp3) is 0.174. The van der Waals surface area contributed by atoms with Crippen LogP contribution in [0.2, 0.25) is 0 Å². The number of pyridine rings is 1. The van der Waals surface area contributed by atoms with E-state index in [4.69, 9.17) is 0 Å². The molecule has 0 spiro atoms. The number of anilines is 1. The molecule has 4 aromatic rings.